The molecule has 0 aliphatic carbocycles. The van der Waals surface area contributed by atoms with Gasteiger partial charge in [-0.1, -0.05) is 24.3 Å². The van der Waals surface area contributed by atoms with Crippen LogP contribution >= 0.6 is 0 Å². The number of carbonyl (C=O) groups excluding carboxylic acids is 1. The van der Waals surface area contributed by atoms with Gasteiger partial charge in [0, 0.05) is 18.1 Å². The molecule has 0 aromatic heterocycles. The lowest BCUT2D eigenvalue weighted by molar-refractivity contribution is -0.239. The average Bonchev–Trinajstić information content (AvgIpc) is 2.67. The number of hydrogen-bond acceptors (Lipinski definition) is 4. The summed E-state index contributed by atoms with van der Waals surface area (Å²) in [5.41, 5.74) is 1.44. The van der Waals surface area contributed by atoms with Crippen LogP contribution in [-0.2, 0) is 19.0 Å². The highest BCUT2D eigenvalue weighted by Gasteiger charge is 2.31. The molecule has 0 radical (unpaired) electrons. The zero-order chi connectivity index (χ0) is 19.2. The van der Waals surface area contributed by atoms with Crippen molar-refractivity contribution >= 4 is 5.97 Å². The lowest BCUT2D eigenvalue weighted by atomic mass is 10.0. The molecule has 6 heteroatoms. The summed E-state index contributed by atoms with van der Waals surface area (Å²) in [6, 6.07) is 11.9. The van der Waals surface area contributed by atoms with E-state index in [1.165, 1.54) is 30.3 Å². The van der Waals surface area contributed by atoms with Gasteiger partial charge >= 0.3 is 5.97 Å². The highest BCUT2D eigenvalue weighted by molar-refractivity contribution is 5.81. The van der Waals surface area contributed by atoms with Crippen LogP contribution in [0.25, 0.3) is 0 Å². The third-order valence-corrected chi connectivity index (χ3v) is 4.15. The van der Waals surface area contributed by atoms with Crippen molar-refractivity contribution < 1.29 is 27.8 Å². The van der Waals surface area contributed by atoms with E-state index in [1.54, 1.807) is 37.3 Å². The zero-order valence-electron chi connectivity index (χ0n) is 14.8. The number of hydrogen-bond donors (Lipinski definition) is 0. The molecule has 1 fully saturated rings. The van der Waals surface area contributed by atoms with Gasteiger partial charge in [-0.2, -0.15) is 0 Å². The number of rotatable bonds is 5. The minimum atomic E-state index is -0.744. The van der Waals surface area contributed by atoms with Gasteiger partial charge in [0.05, 0.1) is 18.8 Å². The number of esters is 1. The van der Waals surface area contributed by atoms with E-state index in [9.17, 15) is 13.6 Å². The summed E-state index contributed by atoms with van der Waals surface area (Å²) in [6.45, 7) is 2.01. The summed E-state index contributed by atoms with van der Waals surface area (Å²) >= 11 is 0. The summed E-state index contributed by atoms with van der Waals surface area (Å²) in [5, 5.41) is 0. The highest BCUT2D eigenvalue weighted by atomic mass is 19.1. The van der Waals surface area contributed by atoms with E-state index in [2.05, 4.69) is 0 Å². The normalized spacial score (nSPS) is 22.7. The van der Waals surface area contributed by atoms with Crippen molar-refractivity contribution in [2.45, 2.75) is 31.8 Å². The Bertz CT molecular complexity index is 733. The fraction of sp³-hybridized carbons (Fsp3) is 0.286. The summed E-state index contributed by atoms with van der Waals surface area (Å²) in [6.07, 6.45) is 1.85. The Hall–Kier alpha value is -2.57. The van der Waals surface area contributed by atoms with Gasteiger partial charge in [0.1, 0.15) is 11.6 Å². The predicted octanol–water partition coefficient (Wildman–Crippen LogP) is 4.63. The molecule has 3 atom stereocenters. The van der Waals surface area contributed by atoms with Crippen LogP contribution in [0.5, 0.6) is 0 Å². The number of carbonyl (C=O) groups is 1. The minimum absolute atomic E-state index is 0.286. The van der Waals surface area contributed by atoms with Gasteiger partial charge in [-0.15, -0.1) is 0 Å². The first-order valence-electron chi connectivity index (χ1n) is 8.72. The van der Waals surface area contributed by atoms with E-state index in [0.717, 1.165) is 5.56 Å². The number of halogens is 2. The van der Waals surface area contributed by atoms with E-state index < -0.39 is 18.4 Å². The predicted molar refractivity (Wildman–Crippen MR) is 94.6 cm³/mol. The van der Waals surface area contributed by atoms with Crippen LogP contribution in [0.15, 0.2) is 60.7 Å². The van der Waals surface area contributed by atoms with Gasteiger partial charge in [-0.05, 0) is 42.8 Å². The Labute approximate surface area is 156 Å². The summed E-state index contributed by atoms with van der Waals surface area (Å²) in [5.74, 6) is -1.15. The maximum absolute atomic E-state index is 13.2. The van der Waals surface area contributed by atoms with E-state index in [0.29, 0.717) is 12.0 Å². The lowest BCUT2D eigenvalue weighted by Gasteiger charge is -2.35. The minimum Gasteiger partial charge on any atom is -0.463 e. The Balaban J connectivity index is 1.82. The van der Waals surface area contributed by atoms with Crippen molar-refractivity contribution in [1.82, 2.24) is 0 Å². The molecule has 27 heavy (non-hydrogen) atoms. The molecule has 1 saturated heterocycles. The number of benzene rings is 2. The van der Waals surface area contributed by atoms with Crippen molar-refractivity contribution in [3.8, 4) is 0 Å². The van der Waals surface area contributed by atoms with Crippen LogP contribution in [-0.4, -0.2) is 18.7 Å². The van der Waals surface area contributed by atoms with Crippen LogP contribution in [0.1, 0.15) is 36.9 Å². The second-order valence-corrected chi connectivity index (χ2v) is 6.08. The van der Waals surface area contributed by atoms with Crippen LogP contribution in [0.4, 0.5) is 8.78 Å². The molecular weight excluding hydrogens is 354 g/mol. The average molecular weight is 374 g/mol. The monoisotopic (exact) mass is 374 g/mol. The Morgan fingerprint density at radius 1 is 1.04 bits per heavy atom. The fourth-order valence-electron chi connectivity index (χ4n) is 2.83. The molecule has 0 spiro atoms. The van der Waals surface area contributed by atoms with E-state index in [-0.39, 0.29) is 24.3 Å². The molecule has 1 aliphatic heterocycles. The van der Waals surface area contributed by atoms with Crippen molar-refractivity contribution in [3.05, 3.63) is 83.4 Å². The Morgan fingerprint density at radius 2 is 1.63 bits per heavy atom. The SMILES string of the molecule is CCOC(=O)/C=C/[C@H]1C[C@@H](c2ccc(F)cc2)O[C@@H](c2ccc(F)cc2)O1. The summed E-state index contributed by atoms with van der Waals surface area (Å²) < 4.78 is 43.2. The van der Waals surface area contributed by atoms with Gasteiger partial charge in [0.25, 0.3) is 0 Å². The topological polar surface area (TPSA) is 44.8 Å². The van der Waals surface area contributed by atoms with Crippen molar-refractivity contribution in [2.24, 2.45) is 0 Å². The van der Waals surface area contributed by atoms with E-state index >= 15 is 0 Å². The van der Waals surface area contributed by atoms with E-state index in [1.807, 2.05) is 0 Å². The third-order valence-electron chi connectivity index (χ3n) is 4.15. The van der Waals surface area contributed by atoms with Gasteiger partial charge in [-0.25, -0.2) is 13.6 Å². The van der Waals surface area contributed by atoms with Gasteiger partial charge < -0.3 is 14.2 Å². The molecule has 0 saturated carbocycles. The first-order chi connectivity index (χ1) is 13.0. The smallest absolute Gasteiger partial charge is 0.330 e. The Morgan fingerprint density at radius 3 is 2.22 bits per heavy atom. The zero-order valence-corrected chi connectivity index (χ0v) is 14.8. The molecule has 0 amide bonds. The third kappa shape index (κ3) is 5.21. The van der Waals surface area contributed by atoms with Gasteiger partial charge in [0.2, 0.25) is 0 Å². The van der Waals surface area contributed by atoms with Crippen LogP contribution in [0.2, 0.25) is 0 Å². The largest absolute Gasteiger partial charge is 0.463 e. The standard InChI is InChI=1S/C21H20F2O4/c1-2-25-20(24)12-11-18-13-19(14-3-7-16(22)8-4-14)27-21(26-18)15-5-9-17(23)10-6-15/h3-12,18-19,21H,2,13H2,1H3/b12-11+/t18-,19-,21-/m0/s1. The molecule has 1 aliphatic rings. The first-order valence-corrected chi connectivity index (χ1v) is 8.72. The molecule has 0 N–H and O–H groups in total. The number of ether oxygens (including phenoxy) is 3. The Kier molecular flexibility index (Phi) is 6.32. The molecule has 142 valence electrons. The second-order valence-electron chi connectivity index (χ2n) is 6.08. The van der Waals surface area contributed by atoms with Crippen molar-refractivity contribution in [2.75, 3.05) is 6.61 Å². The molecular formula is C21H20F2O4. The summed E-state index contributed by atoms with van der Waals surface area (Å²) in [7, 11) is 0. The fourth-order valence-corrected chi connectivity index (χ4v) is 2.83. The highest BCUT2D eigenvalue weighted by Crippen LogP contribution is 2.38. The molecule has 0 bridgehead atoms. The quantitative estimate of drug-likeness (QED) is 0.565. The molecule has 3 rings (SSSR count). The van der Waals surface area contributed by atoms with E-state index in [4.69, 9.17) is 14.2 Å². The molecule has 4 nitrogen and oxygen atoms in total. The molecule has 0 unspecified atom stereocenters. The summed E-state index contributed by atoms with van der Waals surface area (Å²) in [4.78, 5) is 11.6. The van der Waals surface area contributed by atoms with Crippen molar-refractivity contribution in [1.29, 1.82) is 0 Å². The molecule has 2 aromatic rings. The maximum Gasteiger partial charge on any atom is 0.330 e. The first kappa shape index (κ1) is 19.2. The second kappa shape index (κ2) is 8.88. The van der Waals surface area contributed by atoms with Gasteiger partial charge in [-0.3, -0.25) is 0 Å². The lowest BCUT2D eigenvalue weighted by Crippen LogP contribution is -2.28. The van der Waals surface area contributed by atoms with Crippen molar-refractivity contribution in [3.63, 3.8) is 0 Å². The molecule has 1 heterocycles. The van der Waals surface area contributed by atoms with Crippen LogP contribution in [0.3, 0.4) is 0 Å². The van der Waals surface area contributed by atoms with Gasteiger partial charge in [0.15, 0.2) is 6.29 Å². The van der Waals surface area contributed by atoms with Crippen LogP contribution < -0.4 is 0 Å². The van der Waals surface area contributed by atoms with Crippen LogP contribution in [0, 0.1) is 11.6 Å². The molecule has 2 aromatic carbocycles. The maximum atomic E-state index is 13.2.